The second-order valence-corrected chi connectivity index (χ2v) is 1.75. The standard InChI is InChI=1S/C8H8NO/c1-10-9-7-8-5-3-2-4-6-8/h3-7H,1H3. The van der Waals surface area contributed by atoms with E-state index in [1.807, 2.05) is 24.3 Å². The highest BCUT2D eigenvalue weighted by Gasteiger charge is 1.81. The summed E-state index contributed by atoms with van der Waals surface area (Å²) in [5.74, 6) is 0. The van der Waals surface area contributed by atoms with Crippen LogP contribution in [0.1, 0.15) is 5.56 Å². The van der Waals surface area contributed by atoms with Gasteiger partial charge < -0.3 is 4.84 Å². The Labute approximate surface area is 60.1 Å². The predicted octanol–water partition coefficient (Wildman–Crippen LogP) is 1.47. The molecule has 0 amide bonds. The molecular weight excluding hydrogens is 126 g/mol. The Morgan fingerprint density at radius 1 is 1.50 bits per heavy atom. The smallest absolute Gasteiger partial charge is 0.106 e. The van der Waals surface area contributed by atoms with Gasteiger partial charge in [-0.2, -0.15) is 0 Å². The maximum atomic E-state index is 4.50. The fourth-order valence-electron chi connectivity index (χ4n) is 0.599. The first kappa shape index (κ1) is 6.81. The summed E-state index contributed by atoms with van der Waals surface area (Å²) >= 11 is 0. The zero-order chi connectivity index (χ0) is 7.23. The lowest BCUT2D eigenvalue weighted by Gasteiger charge is -1.87. The summed E-state index contributed by atoms with van der Waals surface area (Å²) in [7, 11) is 1.52. The van der Waals surface area contributed by atoms with Crippen molar-refractivity contribution < 1.29 is 4.84 Å². The van der Waals surface area contributed by atoms with Gasteiger partial charge in [0.1, 0.15) is 7.11 Å². The van der Waals surface area contributed by atoms with Gasteiger partial charge in [0.15, 0.2) is 0 Å². The van der Waals surface area contributed by atoms with Crippen LogP contribution in [0, 0.1) is 6.07 Å². The van der Waals surface area contributed by atoms with Crippen molar-refractivity contribution in [3.05, 3.63) is 35.9 Å². The molecule has 2 heteroatoms. The molecule has 1 aromatic carbocycles. The van der Waals surface area contributed by atoms with Crippen molar-refractivity contribution in [3.63, 3.8) is 0 Å². The lowest BCUT2D eigenvalue weighted by molar-refractivity contribution is 0.215. The Morgan fingerprint density at radius 2 is 2.20 bits per heavy atom. The van der Waals surface area contributed by atoms with E-state index in [1.54, 1.807) is 6.21 Å². The predicted molar refractivity (Wildman–Crippen MR) is 39.9 cm³/mol. The maximum Gasteiger partial charge on any atom is 0.106 e. The molecule has 0 aliphatic carbocycles. The van der Waals surface area contributed by atoms with Gasteiger partial charge in [-0.3, -0.25) is 0 Å². The highest BCUT2D eigenvalue weighted by atomic mass is 16.6. The molecule has 2 nitrogen and oxygen atoms in total. The van der Waals surface area contributed by atoms with Gasteiger partial charge in [-0.05, 0) is 11.6 Å². The average Bonchev–Trinajstić information content (AvgIpc) is 2.03. The van der Waals surface area contributed by atoms with Crippen LogP contribution in [0.15, 0.2) is 29.4 Å². The lowest BCUT2D eigenvalue weighted by Crippen LogP contribution is -1.78. The van der Waals surface area contributed by atoms with Gasteiger partial charge in [0, 0.05) is 0 Å². The molecule has 10 heavy (non-hydrogen) atoms. The fourth-order valence-corrected chi connectivity index (χ4v) is 0.599. The van der Waals surface area contributed by atoms with Crippen LogP contribution < -0.4 is 0 Å². The number of hydrogen-bond acceptors (Lipinski definition) is 2. The minimum atomic E-state index is 1.01. The minimum Gasteiger partial charge on any atom is -0.399 e. The third-order valence-corrected chi connectivity index (χ3v) is 1.05. The molecule has 0 bridgehead atoms. The molecule has 0 aromatic heterocycles. The minimum absolute atomic E-state index is 1.01. The van der Waals surface area contributed by atoms with Crippen LogP contribution in [-0.2, 0) is 4.84 Å². The van der Waals surface area contributed by atoms with Gasteiger partial charge in [-0.25, -0.2) is 0 Å². The van der Waals surface area contributed by atoms with Crippen LogP contribution in [0.5, 0.6) is 0 Å². The van der Waals surface area contributed by atoms with Crippen molar-refractivity contribution in [2.45, 2.75) is 0 Å². The Morgan fingerprint density at radius 3 is 2.80 bits per heavy atom. The summed E-state index contributed by atoms with van der Waals surface area (Å²) in [5.41, 5.74) is 1.01. The number of nitrogens with zero attached hydrogens (tertiary/aromatic N) is 1. The van der Waals surface area contributed by atoms with Crippen molar-refractivity contribution in [2.24, 2.45) is 5.16 Å². The van der Waals surface area contributed by atoms with Crippen LogP contribution in [0.3, 0.4) is 0 Å². The second kappa shape index (κ2) is 3.67. The van der Waals surface area contributed by atoms with Crippen LogP contribution in [-0.4, -0.2) is 13.3 Å². The summed E-state index contributed by atoms with van der Waals surface area (Å²) in [4.78, 5) is 4.50. The van der Waals surface area contributed by atoms with Gasteiger partial charge in [0.05, 0.1) is 6.21 Å². The molecule has 0 aliphatic heterocycles. The molecule has 0 heterocycles. The molecule has 0 spiro atoms. The van der Waals surface area contributed by atoms with Gasteiger partial charge in [-0.15, -0.1) is 0 Å². The van der Waals surface area contributed by atoms with Crippen LogP contribution in [0.4, 0.5) is 0 Å². The Hall–Kier alpha value is -1.31. The topological polar surface area (TPSA) is 21.6 Å². The molecule has 1 radical (unpaired) electrons. The zero-order valence-corrected chi connectivity index (χ0v) is 5.74. The highest BCUT2D eigenvalue weighted by molar-refractivity contribution is 5.78. The normalized spacial score (nSPS) is 10.1. The number of rotatable bonds is 2. The Balaban J connectivity index is 2.67. The largest absolute Gasteiger partial charge is 0.399 e. The molecule has 51 valence electrons. The number of benzene rings is 1. The quantitative estimate of drug-likeness (QED) is 0.443. The molecular formula is C8H8NO. The molecule has 0 saturated carbocycles. The summed E-state index contributed by atoms with van der Waals surface area (Å²) in [5, 5.41) is 3.60. The zero-order valence-electron chi connectivity index (χ0n) is 5.74. The molecule has 0 N–H and O–H groups in total. The molecule has 0 atom stereocenters. The monoisotopic (exact) mass is 134 g/mol. The molecule has 1 rings (SSSR count). The Kier molecular flexibility index (Phi) is 2.49. The summed E-state index contributed by atoms with van der Waals surface area (Å²) < 4.78 is 0. The molecule has 0 aliphatic rings. The van der Waals surface area contributed by atoms with Crippen molar-refractivity contribution >= 4 is 6.21 Å². The van der Waals surface area contributed by atoms with E-state index in [1.165, 1.54) is 7.11 Å². The van der Waals surface area contributed by atoms with Crippen LogP contribution in [0.25, 0.3) is 0 Å². The first-order valence-electron chi connectivity index (χ1n) is 2.96. The maximum absolute atomic E-state index is 4.50. The summed E-state index contributed by atoms with van der Waals surface area (Å²) in [6.45, 7) is 0. The van der Waals surface area contributed by atoms with Gasteiger partial charge >= 0.3 is 0 Å². The van der Waals surface area contributed by atoms with Crippen molar-refractivity contribution in [1.82, 2.24) is 0 Å². The summed E-state index contributed by atoms with van der Waals surface area (Å²) in [6, 6.07) is 10.4. The van der Waals surface area contributed by atoms with E-state index in [4.69, 9.17) is 0 Å². The van der Waals surface area contributed by atoms with Crippen molar-refractivity contribution in [3.8, 4) is 0 Å². The van der Waals surface area contributed by atoms with E-state index < -0.39 is 0 Å². The van der Waals surface area contributed by atoms with Crippen molar-refractivity contribution in [2.75, 3.05) is 7.11 Å². The summed E-state index contributed by atoms with van der Waals surface area (Å²) in [6.07, 6.45) is 1.65. The van der Waals surface area contributed by atoms with E-state index >= 15 is 0 Å². The second-order valence-electron chi connectivity index (χ2n) is 1.75. The average molecular weight is 134 g/mol. The van der Waals surface area contributed by atoms with E-state index in [0.29, 0.717) is 0 Å². The first-order chi connectivity index (χ1) is 4.93. The van der Waals surface area contributed by atoms with E-state index in [-0.39, 0.29) is 0 Å². The van der Waals surface area contributed by atoms with Gasteiger partial charge in [-0.1, -0.05) is 29.4 Å². The van der Waals surface area contributed by atoms with Gasteiger partial charge in [0.25, 0.3) is 0 Å². The third-order valence-electron chi connectivity index (χ3n) is 1.05. The molecule has 0 unspecified atom stereocenters. The molecule has 0 fully saturated rings. The first-order valence-corrected chi connectivity index (χ1v) is 2.96. The Bertz CT molecular complexity index is 206. The van der Waals surface area contributed by atoms with Gasteiger partial charge in [0.2, 0.25) is 0 Å². The van der Waals surface area contributed by atoms with E-state index in [0.717, 1.165) is 5.56 Å². The molecule has 1 aromatic rings. The van der Waals surface area contributed by atoms with Crippen LogP contribution in [0.2, 0.25) is 0 Å². The fraction of sp³-hybridized carbons (Fsp3) is 0.125. The third kappa shape index (κ3) is 1.90. The SMILES string of the molecule is CON=Cc1cc[c]cc1. The molecule has 0 saturated heterocycles. The van der Waals surface area contributed by atoms with Crippen molar-refractivity contribution in [1.29, 1.82) is 0 Å². The number of oxime groups is 1. The number of hydrogen-bond donors (Lipinski definition) is 0. The van der Waals surface area contributed by atoms with E-state index in [2.05, 4.69) is 16.1 Å². The van der Waals surface area contributed by atoms with Crippen LogP contribution >= 0.6 is 0 Å². The highest BCUT2D eigenvalue weighted by Crippen LogP contribution is 1.92. The van der Waals surface area contributed by atoms with E-state index in [9.17, 15) is 0 Å². The lowest BCUT2D eigenvalue weighted by atomic mass is 10.2.